The average molecular weight is 477 g/mol. The number of para-hydroxylation sites is 1. The topological polar surface area (TPSA) is 68.4 Å². The van der Waals surface area contributed by atoms with Gasteiger partial charge >= 0.3 is 0 Å². The normalized spacial score (nSPS) is 14.4. The fourth-order valence-corrected chi connectivity index (χ4v) is 4.30. The van der Waals surface area contributed by atoms with E-state index in [4.69, 9.17) is 0 Å². The lowest BCUT2D eigenvalue weighted by molar-refractivity contribution is -0.128. The fourth-order valence-electron chi connectivity index (χ4n) is 4.30. The standard InChI is InChI=1S/C30H28N4O2/c35-29(24-11-5-2-6-12-24)32-28(21-25-22-31-27-14-8-7-13-26(25)27)30(36)34-19-17-33(18-20-34)16-15-23-9-3-1-4-10-23/h1-16,21-22,31H,17-20H2,(H,32,35). The Hall–Kier alpha value is -4.58. The third-order valence-electron chi connectivity index (χ3n) is 6.31. The van der Waals surface area contributed by atoms with Gasteiger partial charge < -0.3 is 20.1 Å². The van der Waals surface area contributed by atoms with Crippen molar-refractivity contribution in [1.82, 2.24) is 20.1 Å². The van der Waals surface area contributed by atoms with Gasteiger partial charge in [0.1, 0.15) is 5.70 Å². The van der Waals surface area contributed by atoms with Crippen molar-refractivity contribution < 1.29 is 9.59 Å². The molecule has 1 aliphatic rings. The quantitative estimate of drug-likeness (QED) is 0.395. The van der Waals surface area contributed by atoms with Crippen molar-refractivity contribution in [1.29, 1.82) is 0 Å². The molecule has 2 N–H and O–H groups in total. The number of aromatic nitrogens is 1. The predicted octanol–water partition coefficient (Wildman–Crippen LogP) is 4.75. The number of fused-ring (bicyclic) bond motifs is 1. The first kappa shape index (κ1) is 23.2. The highest BCUT2D eigenvalue weighted by Gasteiger charge is 2.24. The van der Waals surface area contributed by atoms with E-state index in [2.05, 4.69) is 39.6 Å². The predicted molar refractivity (Wildman–Crippen MR) is 144 cm³/mol. The molecule has 1 aliphatic heterocycles. The molecule has 0 aliphatic carbocycles. The van der Waals surface area contributed by atoms with Crippen molar-refractivity contribution in [2.24, 2.45) is 0 Å². The zero-order valence-corrected chi connectivity index (χ0v) is 19.9. The number of H-pyrrole nitrogens is 1. The van der Waals surface area contributed by atoms with Crippen LogP contribution in [0.3, 0.4) is 0 Å². The van der Waals surface area contributed by atoms with Gasteiger partial charge in [-0.3, -0.25) is 9.59 Å². The number of rotatable bonds is 6. The number of nitrogens with zero attached hydrogens (tertiary/aromatic N) is 2. The summed E-state index contributed by atoms with van der Waals surface area (Å²) in [4.78, 5) is 33.8. The molecule has 36 heavy (non-hydrogen) atoms. The van der Waals surface area contributed by atoms with Gasteiger partial charge in [-0.1, -0.05) is 66.7 Å². The first-order chi connectivity index (χ1) is 17.7. The van der Waals surface area contributed by atoms with Gasteiger partial charge in [-0.05, 0) is 42.1 Å². The maximum absolute atomic E-state index is 13.6. The molecule has 0 bridgehead atoms. The molecule has 0 spiro atoms. The van der Waals surface area contributed by atoms with E-state index in [-0.39, 0.29) is 17.5 Å². The minimum Gasteiger partial charge on any atom is -0.374 e. The third kappa shape index (κ3) is 5.39. The van der Waals surface area contributed by atoms with Crippen LogP contribution in [0.1, 0.15) is 21.5 Å². The monoisotopic (exact) mass is 476 g/mol. The van der Waals surface area contributed by atoms with Gasteiger partial charge in [-0.25, -0.2) is 0 Å². The molecule has 3 aromatic carbocycles. The molecule has 1 saturated heterocycles. The summed E-state index contributed by atoms with van der Waals surface area (Å²) in [5.74, 6) is -0.490. The second-order valence-corrected chi connectivity index (χ2v) is 8.72. The molecule has 4 aromatic rings. The lowest BCUT2D eigenvalue weighted by Gasteiger charge is -2.34. The minimum atomic E-state index is -0.306. The Bertz CT molecular complexity index is 1400. The first-order valence-electron chi connectivity index (χ1n) is 12.1. The van der Waals surface area contributed by atoms with E-state index in [1.165, 1.54) is 0 Å². The summed E-state index contributed by atoms with van der Waals surface area (Å²) in [5, 5.41) is 3.87. The molecule has 5 rings (SSSR count). The Balaban J connectivity index is 1.34. The number of hydrogen-bond acceptors (Lipinski definition) is 3. The van der Waals surface area contributed by atoms with E-state index in [1.54, 1.807) is 23.1 Å². The summed E-state index contributed by atoms with van der Waals surface area (Å²) < 4.78 is 0. The molecular formula is C30H28N4O2. The molecule has 0 unspecified atom stereocenters. The Kier molecular flexibility index (Phi) is 6.94. The lowest BCUT2D eigenvalue weighted by Crippen LogP contribution is -2.48. The Morgan fingerprint density at radius 1 is 0.806 bits per heavy atom. The van der Waals surface area contributed by atoms with Crippen LogP contribution in [0.5, 0.6) is 0 Å². The molecule has 180 valence electrons. The molecule has 0 atom stereocenters. The van der Waals surface area contributed by atoms with Crippen LogP contribution in [-0.2, 0) is 4.79 Å². The molecule has 0 radical (unpaired) electrons. The Morgan fingerprint density at radius 2 is 1.47 bits per heavy atom. The number of benzene rings is 3. The molecule has 2 amide bonds. The van der Waals surface area contributed by atoms with Gasteiger partial charge in [-0.2, -0.15) is 0 Å². The van der Waals surface area contributed by atoms with E-state index in [0.29, 0.717) is 18.7 Å². The summed E-state index contributed by atoms with van der Waals surface area (Å²) in [6, 6.07) is 27.0. The van der Waals surface area contributed by atoms with Crippen LogP contribution >= 0.6 is 0 Å². The van der Waals surface area contributed by atoms with Gasteiger partial charge in [0, 0.05) is 54.4 Å². The maximum Gasteiger partial charge on any atom is 0.270 e. The van der Waals surface area contributed by atoms with E-state index >= 15 is 0 Å². The number of amides is 2. The van der Waals surface area contributed by atoms with Crippen molar-refractivity contribution in [2.75, 3.05) is 26.2 Å². The number of nitrogens with one attached hydrogen (secondary N) is 2. The van der Waals surface area contributed by atoms with Crippen LogP contribution in [0, 0.1) is 0 Å². The Labute approximate surface area is 210 Å². The van der Waals surface area contributed by atoms with Crippen molar-refractivity contribution in [3.05, 3.63) is 120 Å². The van der Waals surface area contributed by atoms with Gasteiger partial charge in [0.25, 0.3) is 11.8 Å². The van der Waals surface area contributed by atoms with Crippen molar-refractivity contribution >= 4 is 34.9 Å². The van der Waals surface area contributed by atoms with Crippen LogP contribution in [0.25, 0.3) is 23.1 Å². The van der Waals surface area contributed by atoms with E-state index in [0.717, 1.165) is 35.1 Å². The Morgan fingerprint density at radius 3 is 2.22 bits per heavy atom. The van der Waals surface area contributed by atoms with Crippen molar-refractivity contribution in [3.8, 4) is 0 Å². The summed E-state index contributed by atoms with van der Waals surface area (Å²) in [7, 11) is 0. The van der Waals surface area contributed by atoms with Crippen LogP contribution in [0.15, 0.2) is 103 Å². The smallest absolute Gasteiger partial charge is 0.270 e. The molecule has 2 heterocycles. The van der Waals surface area contributed by atoms with Gasteiger partial charge in [0.2, 0.25) is 0 Å². The molecular weight excluding hydrogens is 448 g/mol. The maximum atomic E-state index is 13.6. The second kappa shape index (κ2) is 10.8. The minimum absolute atomic E-state index is 0.184. The largest absolute Gasteiger partial charge is 0.374 e. The zero-order valence-electron chi connectivity index (χ0n) is 19.9. The molecule has 0 saturated carbocycles. The first-order valence-corrected chi connectivity index (χ1v) is 12.1. The summed E-state index contributed by atoms with van der Waals surface area (Å²) in [5.41, 5.74) is 3.74. The van der Waals surface area contributed by atoms with Crippen molar-refractivity contribution in [3.63, 3.8) is 0 Å². The summed E-state index contributed by atoms with van der Waals surface area (Å²) in [6.07, 6.45) is 7.79. The number of carbonyl (C=O) groups excluding carboxylic acids is 2. The van der Waals surface area contributed by atoms with Crippen LogP contribution in [-0.4, -0.2) is 52.8 Å². The molecule has 6 nitrogen and oxygen atoms in total. The second-order valence-electron chi connectivity index (χ2n) is 8.72. The number of aromatic amines is 1. The van der Waals surface area contributed by atoms with Crippen LogP contribution < -0.4 is 5.32 Å². The SMILES string of the molecule is O=C(NC(=Cc1c[nH]c2ccccc12)C(=O)N1CCN(C=Cc2ccccc2)CC1)c1ccccc1. The van der Waals surface area contributed by atoms with Crippen molar-refractivity contribution in [2.45, 2.75) is 0 Å². The zero-order chi connectivity index (χ0) is 24.7. The van der Waals surface area contributed by atoms with Gasteiger partial charge in [0.05, 0.1) is 0 Å². The summed E-state index contributed by atoms with van der Waals surface area (Å²) in [6.45, 7) is 2.60. The average Bonchev–Trinajstić information content (AvgIpc) is 3.35. The third-order valence-corrected chi connectivity index (χ3v) is 6.31. The van der Waals surface area contributed by atoms with Gasteiger partial charge in [0.15, 0.2) is 0 Å². The highest BCUT2D eigenvalue weighted by molar-refractivity contribution is 6.06. The van der Waals surface area contributed by atoms with Crippen LogP contribution in [0.2, 0.25) is 0 Å². The van der Waals surface area contributed by atoms with E-state index in [9.17, 15) is 9.59 Å². The number of carbonyl (C=O) groups is 2. The molecule has 6 heteroatoms. The fraction of sp³-hybridized carbons (Fsp3) is 0.133. The number of piperazine rings is 1. The van der Waals surface area contributed by atoms with Crippen LogP contribution in [0.4, 0.5) is 0 Å². The number of hydrogen-bond donors (Lipinski definition) is 2. The lowest BCUT2D eigenvalue weighted by atomic mass is 10.1. The molecule has 1 aromatic heterocycles. The van der Waals surface area contributed by atoms with E-state index in [1.807, 2.05) is 66.9 Å². The highest BCUT2D eigenvalue weighted by Crippen LogP contribution is 2.21. The molecule has 1 fully saturated rings. The summed E-state index contributed by atoms with van der Waals surface area (Å²) >= 11 is 0. The van der Waals surface area contributed by atoms with Gasteiger partial charge in [-0.15, -0.1) is 0 Å². The highest BCUT2D eigenvalue weighted by atomic mass is 16.2. The van der Waals surface area contributed by atoms with E-state index < -0.39 is 0 Å².